The number of aromatic amines is 1. The molecule has 150 valence electrons. The Bertz CT molecular complexity index is 801. The van der Waals surface area contributed by atoms with E-state index in [-0.39, 0.29) is 5.91 Å². The number of ether oxygens (including phenoxy) is 2. The number of nitrogens with one attached hydrogen (secondary N) is 3. The standard InChI is InChI=1S/C20H27N5O3/c26-20(19-16-14-21-6-5-17(16)23-24-19)22-13-15-3-1-2-4-18(15)28-12-9-25-7-10-27-11-8-25/h1-4,21H,5-14H2,(H,22,26)(H,23,24). The molecule has 1 aromatic carbocycles. The summed E-state index contributed by atoms with van der Waals surface area (Å²) >= 11 is 0. The number of para-hydroxylation sites is 1. The molecule has 0 atom stereocenters. The molecule has 2 aromatic rings. The Labute approximate surface area is 164 Å². The first-order valence-corrected chi connectivity index (χ1v) is 9.87. The first kappa shape index (κ1) is 18.9. The van der Waals surface area contributed by atoms with Crippen LogP contribution in [0.4, 0.5) is 0 Å². The molecule has 0 unspecified atom stereocenters. The van der Waals surface area contributed by atoms with E-state index in [1.54, 1.807) is 0 Å². The molecule has 4 rings (SSSR count). The number of amides is 1. The summed E-state index contributed by atoms with van der Waals surface area (Å²) < 4.78 is 11.4. The number of carbonyl (C=O) groups excluding carboxylic acids is 1. The second-order valence-corrected chi connectivity index (χ2v) is 7.05. The van der Waals surface area contributed by atoms with Crippen molar-refractivity contribution in [3.63, 3.8) is 0 Å². The third-order valence-corrected chi connectivity index (χ3v) is 5.20. The molecule has 1 fully saturated rings. The van der Waals surface area contributed by atoms with Gasteiger partial charge < -0.3 is 20.1 Å². The summed E-state index contributed by atoms with van der Waals surface area (Å²) in [6.45, 7) is 6.95. The minimum atomic E-state index is -0.163. The average Bonchev–Trinajstić information content (AvgIpc) is 3.18. The van der Waals surface area contributed by atoms with Gasteiger partial charge in [-0.05, 0) is 6.07 Å². The lowest BCUT2D eigenvalue weighted by Gasteiger charge is -2.26. The van der Waals surface area contributed by atoms with Gasteiger partial charge in [-0.2, -0.15) is 5.10 Å². The van der Waals surface area contributed by atoms with Crippen LogP contribution in [0.15, 0.2) is 24.3 Å². The van der Waals surface area contributed by atoms with Gasteiger partial charge in [0.1, 0.15) is 12.4 Å². The smallest absolute Gasteiger partial charge is 0.272 e. The number of fused-ring (bicyclic) bond motifs is 1. The van der Waals surface area contributed by atoms with Crippen LogP contribution in [-0.4, -0.2) is 67.0 Å². The zero-order valence-corrected chi connectivity index (χ0v) is 16.0. The van der Waals surface area contributed by atoms with Gasteiger partial charge in [-0.3, -0.25) is 14.8 Å². The van der Waals surface area contributed by atoms with Crippen LogP contribution in [0.25, 0.3) is 0 Å². The van der Waals surface area contributed by atoms with E-state index in [2.05, 4.69) is 25.7 Å². The van der Waals surface area contributed by atoms with Crippen molar-refractivity contribution in [2.24, 2.45) is 0 Å². The van der Waals surface area contributed by atoms with Crippen molar-refractivity contribution in [2.45, 2.75) is 19.5 Å². The molecule has 0 aliphatic carbocycles. The van der Waals surface area contributed by atoms with Crippen molar-refractivity contribution in [2.75, 3.05) is 46.0 Å². The molecule has 3 heterocycles. The Morgan fingerprint density at radius 3 is 3.04 bits per heavy atom. The summed E-state index contributed by atoms with van der Waals surface area (Å²) in [5.74, 6) is 0.645. The molecule has 8 nitrogen and oxygen atoms in total. The Balaban J connectivity index is 1.32. The molecule has 8 heteroatoms. The molecule has 0 radical (unpaired) electrons. The molecule has 0 bridgehead atoms. The number of morpholine rings is 1. The van der Waals surface area contributed by atoms with Crippen LogP contribution in [0, 0.1) is 0 Å². The summed E-state index contributed by atoms with van der Waals surface area (Å²) in [6, 6.07) is 7.83. The maximum absolute atomic E-state index is 12.6. The van der Waals surface area contributed by atoms with Crippen molar-refractivity contribution in [3.8, 4) is 5.75 Å². The van der Waals surface area contributed by atoms with E-state index in [9.17, 15) is 4.79 Å². The largest absolute Gasteiger partial charge is 0.492 e. The highest BCUT2D eigenvalue weighted by molar-refractivity contribution is 5.94. The fourth-order valence-corrected chi connectivity index (χ4v) is 3.57. The van der Waals surface area contributed by atoms with Crippen molar-refractivity contribution < 1.29 is 14.3 Å². The zero-order valence-electron chi connectivity index (χ0n) is 16.0. The normalized spacial score (nSPS) is 17.1. The highest BCUT2D eigenvalue weighted by Gasteiger charge is 2.21. The van der Waals surface area contributed by atoms with Crippen LogP contribution in [-0.2, 0) is 24.2 Å². The van der Waals surface area contributed by atoms with Crippen LogP contribution in [0.5, 0.6) is 5.75 Å². The SMILES string of the molecule is O=C(NCc1ccccc1OCCN1CCOCC1)c1n[nH]c2c1CNCC2. The van der Waals surface area contributed by atoms with Gasteiger partial charge in [0.05, 0.1) is 13.2 Å². The molecule has 3 N–H and O–H groups in total. The quantitative estimate of drug-likeness (QED) is 0.650. The third kappa shape index (κ3) is 4.52. The van der Waals surface area contributed by atoms with Crippen LogP contribution in [0.2, 0.25) is 0 Å². The van der Waals surface area contributed by atoms with E-state index in [1.165, 1.54) is 0 Å². The van der Waals surface area contributed by atoms with E-state index in [0.717, 1.165) is 68.4 Å². The fourth-order valence-electron chi connectivity index (χ4n) is 3.57. The first-order valence-electron chi connectivity index (χ1n) is 9.87. The number of aromatic nitrogens is 2. The van der Waals surface area contributed by atoms with Gasteiger partial charge in [-0.15, -0.1) is 0 Å². The van der Waals surface area contributed by atoms with Crippen molar-refractivity contribution in [1.29, 1.82) is 0 Å². The summed E-state index contributed by atoms with van der Waals surface area (Å²) in [7, 11) is 0. The molecule has 1 saturated heterocycles. The van der Waals surface area contributed by atoms with Crippen LogP contribution in [0.3, 0.4) is 0 Å². The molecule has 2 aliphatic rings. The summed E-state index contributed by atoms with van der Waals surface area (Å²) in [4.78, 5) is 14.9. The lowest BCUT2D eigenvalue weighted by molar-refractivity contribution is 0.0322. The number of carbonyl (C=O) groups is 1. The van der Waals surface area contributed by atoms with E-state index in [1.807, 2.05) is 24.3 Å². The van der Waals surface area contributed by atoms with E-state index in [0.29, 0.717) is 25.4 Å². The lowest BCUT2D eigenvalue weighted by Crippen LogP contribution is -2.38. The van der Waals surface area contributed by atoms with Crippen molar-refractivity contribution >= 4 is 5.91 Å². The maximum atomic E-state index is 12.6. The van der Waals surface area contributed by atoms with Gasteiger partial charge in [0, 0.05) is 62.5 Å². The van der Waals surface area contributed by atoms with Crippen LogP contribution >= 0.6 is 0 Å². The minimum absolute atomic E-state index is 0.163. The summed E-state index contributed by atoms with van der Waals surface area (Å²) in [5, 5.41) is 13.5. The molecule has 0 saturated carbocycles. The zero-order chi connectivity index (χ0) is 19.2. The monoisotopic (exact) mass is 385 g/mol. The highest BCUT2D eigenvalue weighted by atomic mass is 16.5. The highest BCUT2D eigenvalue weighted by Crippen LogP contribution is 2.19. The number of H-pyrrole nitrogens is 1. The van der Waals surface area contributed by atoms with E-state index in [4.69, 9.17) is 9.47 Å². The van der Waals surface area contributed by atoms with Crippen molar-refractivity contribution in [1.82, 2.24) is 25.7 Å². The van der Waals surface area contributed by atoms with E-state index < -0.39 is 0 Å². The Morgan fingerprint density at radius 2 is 2.14 bits per heavy atom. The Hall–Kier alpha value is -2.42. The average molecular weight is 385 g/mol. The van der Waals surface area contributed by atoms with Gasteiger partial charge >= 0.3 is 0 Å². The summed E-state index contributed by atoms with van der Waals surface area (Å²) in [5.41, 5.74) is 3.46. The molecular weight excluding hydrogens is 358 g/mol. The molecule has 1 aromatic heterocycles. The molecule has 0 spiro atoms. The fraction of sp³-hybridized carbons (Fsp3) is 0.500. The molecule has 28 heavy (non-hydrogen) atoms. The Kier molecular flexibility index (Phi) is 6.20. The second kappa shape index (κ2) is 9.18. The number of rotatable bonds is 7. The lowest BCUT2D eigenvalue weighted by atomic mass is 10.1. The topological polar surface area (TPSA) is 91.5 Å². The predicted octanol–water partition coefficient (Wildman–Crippen LogP) is 0.696. The predicted molar refractivity (Wildman–Crippen MR) is 104 cm³/mol. The molecular formula is C20H27N5O3. The molecule has 1 amide bonds. The summed E-state index contributed by atoms with van der Waals surface area (Å²) in [6.07, 6.45) is 0.870. The minimum Gasteiger partial charge on any atom is -0.492 e. The number of nitrogens with zero attached hydrogens (tertiary/aromatic N) is 2. The van der Waals surface area contributed by atoms with Gasteiger partial charge in [0.25, 0.3) is 5.91 Å². The first-order chi connectivity index (χ1) is 13.8. The Morgan fingerprint density at radius 1 is 1.29 bits per heavy atom. The number of benzene rings is 1. The second-order valence-electron chi connectivity index (χ2n) is 7.05. The molecule has 2 aliphatic heterocycles. The maximum Gasteiger partial charge on any atom is 0.272 e. The van der Waals surface area contributed by atoms with Crippen LogP contribution in [0.1, 0.15) is 27.3 Å². The third-order valence-electron chi connectivity index (χ3n) is 5.20. The van der Waals surface area contributed by atoms with Gasteiger partial charge in [0.2, 0.25) is 0 Å². The van der Waals surface area contributed by atoms with E-state index >= 15 is 0 Å². The van der Waals surface area contributed by atoms with Gasteiger partial charge in [0.15, 0.2) is 5.69 Å². The van der Waals surface area contributed by atoms with Gasteiger partial charge in [-0.25, -0.2) is 0 Å². The van der Waals surface area contributed by atoms with Crippen molar-refractivity contribution in [3.05, 3.63) is 46.8 Å². The number of hydrogen-bond acceptors (Lipinski definition) is 6. The number of hydrogen-bond donors (Lipinski definition) is 3. The van der Waals surface area contributed by atoms with Crippen LogP contribution < -0.4 is 15.4 Å². The van der Waals surface area contributed by atoms with Gasteiger partial charge in [-0.1, -0.05) is 18.2 Å².